The van der Waals surface area contributed by atoms with Gasteiger partial charge >= 0.3 is 5.97 Å². The SMILES string of the molecule is CCc1[nH]c(C(=O)N2CCN(S(=O)(=O)c3ccc(OC)cc3)CC2)c(C)c1C(=O)OC. The number of H-pyrrole nitrogens is 1. The number of sulfonamides is 1. The Hall–Kier alpha value is -2.85. The summed E-state index contributed by atoms with van der Waals surface area (Å²) in [7, 11) is -0.838. The van der Waals surface area contributed by atoms with E-state index in [1.807, 2.05) is 6.92 Å². The van der Waals surface area contributed by atoms with Gasteiger partial charge in [0.1, 0.15) is 11.4 Å². The van der Waals surface area contributed by atoms with Gasteiger partial charge in [-0.3, -0.25) is 4.79 Å². The largest absolute Gasteiger partial charge is 0.497 e. The summed E-state index contributed by atoms with van der Waals surface area (Å²) in [5, 5.41) is 0. The van der Waals surface area contributed by atoms with E-state index in [0.29, 0.717) is 34.7 Å². The molecule has 0 unspecified atom stereocenters. The Morgan fingerprint density at radius 2 is 1.68 bits per heavy atom. The van der Waals surface area contributed by atoms with Crippen LogP contribution in [0.15, 0.2) is 29.2 Å². The number of carbonyl (C=O) groups excluding carboxylic acids is 2. The summed E-state index contributed by atoms with van der Waals surface area (Å²) in [5.74, 6) is -0.169. The number of piperazine rings is 1. The van der Waals surface area contributed by atoms with Gasteiger partial charge < -0.3 is 19.4 Å². The van der Waals surface area contributed by atoms with Crippen molar-refractivity contribution >= 4 is 21.9 Å². The molecule has 0 bridgehead atoms. The third kappa shape index (κ3) is 4.31. The molecule has 9 nitrogen and oxygen atoms in total. The average molecular weight is 450 g/mol. The highest BCUT2D eigenvalue weighted by molar-refractivity contribution is 7.89. The fourth-order valence-electron chi connectivity index (χ4n) is 3.70. The van der Waals surface area contributed by atoms with Crippen LogP contribution in [0.3, 0.4) is 0 Å². The van der Waals surface area contributed by atoms with Gasteiger partial charge in [0.05, 0.1) is 24.7 Å². The third-order valence-corrected chi connectivity index (χ3v) is 7.42. The van der Waals surface area contributed by atoms with Crippen LogP contribution in [0.25, 0.3) is 0 Å². The predicted molar refractivity (Wildman–Crippen MR) is 114 cm³/mol. The predicted octanol–water partition coefficient (Wildman–Crippen LogP) is 1.83. The second kappa shape index (κ2) is 9.11. The molecular formula is C21H27N3O6S. The number of amides is 1. The molecule has 0 spiro atoms. The first kappa shape index (κ1) is 22.8. The Kier molecular flexibility index (Phi) is 6.71. The maximum atomic E-state index is 13.1. The fraction of sp³-hybridized carbons (Fsp3) is 0.429. The Balaban J connectivity index is 1.74. The van der Waals surface area contributed by atoms with Gasteiger partial charge in [-0.05, 0) is 43.2 Å². The smallest absolute Gasteiger partial charge is 0.339 e. The number of benzene rings is 1. The fourth-order valence-corrected chi connectivity index (χ4v) is 5.12. The standard InChI is InChI=1S/C21H27N3O6S/c1-5-17-18(21(26)30-4)14(2)19(22-17)20(25)23-10-12-24(13-11-23)31(27,28)16-8-6-15(29-3)7-9-16/h6-9,22H,5,10-13H2,1-4H3. The van der Waals surface area contributed by atoms with Crippen LogP contribution in [-0.4, -0.2) is 74.9 Å². The van der Waals surface area contributed by atoms with Crippen LogP contribution in [0.2, 0.25) is 0 Å². The first-order valence-electron chi connectivity index (χ1n) is 9.97. The molecule has 168 valence electrons. The van der Waals surface area contributed by atoms with Crippen LogP contribution in [0.4, 0.5) is 0 Å². The average Bonchev–Trinajstić information content (AvgIpc) is 3.14. The molecule has 1 aromatic carbocycles. The number of nitrogens with zero attached hydrogens (tertiary/aromatic N) is 2. The summed E-state index contributed by atoms with van der Waals surface area (Å²) in [6.07, 6.45) is 0.548. The summed E-state index contributed by atoms with van der Waals surface area (Å²) < 4.78 is 37.1. The Morgan fingerprint density at radius 3 is 2.19 bits per heavy atom. The van der Waals surface area contributed by atoms with Gasteiger partial charge in [0.15, 0.2) is 0 Å². The second-order valence-corrected chi connectivity index (χ2v) is 9.13. The number of hydrogen-bond donors (Lipinski definition) is 1. The minimum Gasteiger partial charge on any atom is -0.497 e. The molecule has 0 atom stereocenters. The molecule has 1 saturated heterocycles. The molecule has 0 radical (unpaired) electrons. The number of esters is 1. The lowest BCUT2D eigenvalue weighted by Gasteiger charge is -2.34. The normalized spacial score (nSPS) is 15.0. The zero-order valence-electron chi connectivity index (χ0n) is 18.1. The van der Waals surface area contributed by atoms with Gasteiger partial charge in [0.2, 0.25) is 10.0 Å². The van der Waals surface area contributed by atoms with Crippen molar-refractivity contribution in [2.24, 2.45) is 0 Å². The number of ether oxygens (including phenoxy) is 2. The van der Waals surface area contributed by atoms with Crippen LogP contribution in [0.1, 0.15) is 39.0 Å². The lowest BCUT2D eigenvalue weighted by molar-refractivity contribution is 0.0599. The van der Waals surface area contributed by atoms with Gasteiger partial charge in [0, 0.05) is 31.9 Å². The number of methoxy groups -OCH3 is 2. The Morgan fingerprint density at radius 1 is 1.06 bits per heavy atom. The van der Waals surface area contributed by atoms with Crippen LogP contribution in [-0.2, 0) is 21.2 Å². The summed E-state index contributed by atoms with van der Waals surface area (Å²) in [6, 6.07) is 6.22. The lowest BCUT2D eigenvalue weighted by atomic mass is 10.1. The quantitative estimate of drug-likeness (QED) is 0.674. The van der Waals surface area contributed by atoms with Crippen molar-refractivity contribution in [1.82, 2.24) is 14.2 Å². The van der Waals surface area contributed by atoms with Crippen LogP contribution >= 0.6 is 0 Å². The van der Waals surface area contributed by atoms with Crippen molar-refractivity contribution in [2.45, 2.75) is 25.2 Å². The highest BCUT2D eigenvalue weighted by Crippen LogP contribution is 2.24. The number of aryl methyl sites for hydroxylation is 1. The van der Waals surface area contributed by atoms with Crippen molar-refractivity contribution in [3.05, 3.63) is 46.8 Å². The van der Waals surface area contributed by atoms with E-state index in [-0.39, 0.29) is 37.0 Å². The first-order valence-corrected chi connectivity index (χ1v) is 11.4. The first-order chi connectivity index (χ1) is 14.7. The molecule has 1 fully saturated rings. The molecular weight excluding hydrogens is 422 g/mol. The molecule has 0 aliphatic carbocycles. The second-order valence-electron chi connectivity index (χ2n) is 7.20. The molecule has 2 aromatic rings. The Bertz CT molecular complexity index is 1070. The number of nitrogens with one attached hydrogen (secondary N) is 1. The monoisotopic (exact) mass is 449 g/mol. The highest BCUT2D eigenvalue weighted by atomic mass is 32.2. The zero-order valence-corrected chi connectivity index (χ0v) is 18.9. The van der Waals surface area contributed by atoms with E-state index in [4.69, 9.17) is 9.47 Å². The van der Waals surface area contributed by atoms with Crippen molar-refractivity contribution < 1.29 is 27.5 Å². The van der Waals surface area contributed by atoms with E-state index in [1.54, 1.807) is 24.0 Å². The van der Waals surface area contributed by atoms with E-state index in [9.17, 15) is 18.0 Å². The van der Waals surface area contributed by atoms with Gasteiger partial charge in [-0.2, -0.15) is 4.31 Å². The molecule has 31 heavy (non-hydrogen) atoms. The molecule has 0 saturated carbocycles. The highest BCUT2D eigenvalue weighted by Gasteiger charge is 2.32. The molecule has 3 rings (SSSR count). The molecule has 1 aliphatic heterocycles. The molecule has 1 aliphatic rings. The zero-order chi connectivity index (χ0) is 22.8. The molecule has 10 heteroatoms. The summed E-state index contributed by atoms with van der Waals surface area (Å²) >= 11 is 0. The topological polar surface area (TPSA) is 109 Å². The van der Waals surface area contributed by atoms with Crippen molar-refractivity contribution in [2.75, 3.05) is 40.4 Å². The summed E-state index contributed by atoms with van der Waals surface area (Å²) in [5.41, 5.74) is 1.91. The van der Waals surface area contributed by atoms with Gasteiger partial charge in [-0.15, -0.1) is 0 Å². The van der Waals surface area contributed by atoms with E-state index in [0.717, 1.165) is 0 Å². The molecule has 1 N–H and O–H groups in total. The third-order valence-electron chi connectivity index (χ3n) is 5.51. The van der Waals surface area contributed by atoms with Crippen LogP contribution in [0.5, 0.6) is 5.75 Å². The van der Waals surface area contributed by atoms with Crippen molar-refractivity contribution in [3.8, 4) is 5.75 Å². The maximum absolute atomic E-state index is 13.1. The molecule has 2 heterocycles. The van der Waals surface area contributed by atoms with E-state index in [2.05, 4.69) is 4.98 Å². The molecule has 1 amide bonds. The van der Waals surface area contributed by atoms with Gasteiger partial charge in [-0.1, -0.05) is 6.92 Å². The Labute approximate surface area is 182 Å². The van der Waals surface area contributed by atoms with Crippen molar-refractivity contribution in [3.63, 3.8) is 0 Å². The minimum atomic E-state index is -3.66. The van der Waals surface area contributed by atoms with Gasteiger partial charge in [-0.25, -0.2) is 13.2 Å². The molecule has 1 aromatic heterocycles. The minimum absolute atomic E-state index is 0.184. The van der Waals surface area contributed by atoms with E-state index < -0.39 is 16.0 Å². The van der Waals surface area contributed by atoms with Crippen LogP contribution in [0, 0.1) is 6.92 Å². The summed E-state index contributed by atoms with van der Waals surface area (Å²) in [6.45, 7) is 4.46. The number of aromatic amines is 1. The number of aromatic nitrogens is 1. The number of carbonyl (C=O) groups is 2. The number of rotatable bonds is 6. The van der Waals surface area contributed by atoms with E-state index >= 15 is 0 Å². The summed E-state index contributed by atoms with van der Waals surface area (Å²) in [4.78, 5) is 30.0. The maximum Gasteiger partial charge on any atom is 0.339 e. The van der Waals surface area contributed by atoms with Crippen molar-refractivity contribution in [1.29, 1.82) is 0 Å². The number of hydrogen-bond acceptors (Lipinski definition) is 6. The lowest BCUT2D eigenvalue weighted by Crippen LogP contribution is -2.50. The van der Waals surface area contributed by atoms with E-state index in [1.165, 1.54) is 30.7 Å². The van der Waals surface area contributed by atoms with Gasteiger partial charge in [0.25, 0.3) is 5.91 Å². The van der Waals surface area contributed by atoms with Crippen LogP contribution < -0.4 is 4.74 Å².